The molecule has 2 fully saturated rings. The first-order chi connectivity index (χ1) is 11.6. The number of ether oxygens (including phenoxy) is 1. The zero-order valence-corrected chi connectivity index (χ0v) is 15.7. The second-order valence-electron chi connectivity index (χ2n) is 7.32. The number of aromatic nitrogens is 1. The minimum absolute atomic E-state index is 0.338. The van der Waals surface area contributed by atoms with Crippen molar-refractivity contribution in [3.63, 3.8) is 0 Å². The Balaban J connectivity index is 1.38. The highest BCUT2D eigenvalue weighted by Crippen LogP contribution is 2.23. The topological polar surface area (TPSA) is 45.7 Å². The minimum atomic E-state index is 0.338. The zero-order valence-electron chi connectivity index (χ0n) is 14.9. The largest absolute Gasteiger partial charge is 0.381 e. The molecule has 0 spiro atoms. The van der Waals surface area contributed by atoms with E-state index >= 15 is 0 Å². The van der Waals surface area contributed by atoms with Gasteiger partial charge in [-0.2, -0.15) is 0 Å². The normalized spacial score (nSPS) is 24.2. The first-order valence-electron chi connectivity index (χ1n) is 9.05. The van der Waals surface area contributed by atoms with Crippen molar-refractivity contribution in [3.8, 4) is 0 Å². The SMILES string of the molecule is Cc1ncsc1CN(C)C[C@H]1CCN(C(=O)CC[C@@H]2CCOC2)C1. The molecule has 134 valence electrons. The van der Waals surface area contributed by atoms with E-state index in [0.717, 1.165) is 64.3 Å². The van der Waals surface area contributed by atoms with E-state index in [0.29, 0.717) is 24.2 Å². The lowest BCUT2D eigenvalue weighted by Gasteiger charge is -2.21. The number of carbonyl (C=O) groups excluding carboxylic acids is 1. The van der Waals surface area contributed by atoms with Crippen LogP contribution in [0.2, 0.25) is 0 Å². The summed E-state index contributed by atoms with van der Waals surface area (Å²) in [6.07, 6.45) is 3.93. The van der Waals surface area contributed by atoms with E-state index in [1.807, 2.05) is 5.51 Å². The number of hydrogen-bond donors (Lipinski definition) is 0. The Morgan fingerprint density at radius 2 is 2.33 bits per heavy atom. The van der Waals surface area contributed by atoms with Crippen LogP contribution in [0.15, 0.2) is 5.51 Å². The average Bonchev–Trinajstić information content (AvgIpc) is 3.28. The van der Waals surface area contributed by atoms with E-state index in [-0.39, 0.29) is 0 Å². The number of thiazole rings is 1. The fourth-order valence-electron chi connectivity index (χ4n) is 3.73. The maximum atomic E-state index is 12.4. The fraction of sp³-hybridized carbons (Fsp3) is 0.778. The molecule has 2 aliphatic rings. The zero-order chi connectivity index (χ0) is 16.9. The predicted molar refractivity (Wildman–Crippen MR) is 96.0 cm³/mol. The molecule has 0 aliphatic carbocycles. The maximum Gasteiger partial charge on any atom is 0.222 e. The summed E-state index contributed by atoms with van der Waals surface area (Å²) in [7, 11) is 2.17. The predicted octanol–water partition coefficient (Wildman–Crippen LogP) is 2.55. The average molecular weight is 352 g/mol. The van der Waals surface area contributed by atoms with Gasteiger partial charge >= 0.3 is 0 Å². The molecule has 6 heteroatoms. The summed E-state index contributed by atoms with van der Waals surface area (Å²) in [6, 6.07) is 0. The van der Waals surface area contributed by atoms with Crippen molar-refractivity contribution in [2.75, 3.05) is 39.9 Å². The van der Waals surface area contributed by atoms with Crippen molar-refractivity contribution in [1.29, 1.82) is 0 Å². The van der Waals surface area contributed by atoms with Gasteiger partial charge in [0.05, 0.1) is 11.2 Å². The summed E-state index contributed by atoms with van der Waals surface area (Å²) in [6.45, 7) is 7.66. The third-order valence-corrected chi connectivity index (χ3v) is 6.18. The summed E-state index contributed by atoms with van der Waals surface area (Å²) < 4.78 is 5.39. The van der Waals surface area contributed by atoms with Crippen molar-refractivity contribution in [3.05, 3.63) is 16.1 Å². The van der Waals surface area contributed by atoms with Crippen LogP contribution in [0, 0.1) is 18.8 Å². The Labute approximate surface area is 149 Å². The molecule has 2 saturated heterocycles. The van der Waals surface area contributed by atoms with E-state index < -0.39 is 0 Å². The quantitative estimate of drug-likeness (QED) is 0.757. The smallest absolute Gasteiger partial charge is 0.222 e. The van der Waals surface area contributed by atoms with Gasteiger partial charge in [0.25, 0.3) is 0 Å². The van der Waals surface area contributed by atoms with Gasteiger partial charge in [0.2, 0.25) is 5.91 Å². The Morgan fingerprint density at radius 3 is 3.04 bits per heavy atom. The molecule has 0 bridgehead atoms. The number of likely N-dealkylation sites (tertiary alicyclic amines) is 1. The number of amides is 1. The summed E-state index contributed by atoms with van der Waals surface area (Å²) in [5.74, 6) is 1.54. The van der Waals surface area contributed by atoms with Crippen LogP contribution in [0.3, 0.4) is 0 Å². The molecule has 0 saturated carbocycles. The molecular weight excluding hydrogens is 322 g/mol. The summed E-state index contributed by atoms with van der Waals surface area (Å²) in [5.41, 5.74) is 3.06. The standard InChI is InChI=1S/C18H29N3O2S/c1-14-17(24-13-19-14)11-20(2)9-16-5-7-21(10-16)18(22)4-3-15-6-8-23-12-15/h13,15-16H,3-12H2,1-2H3/t15-,16-/m1/s1. The molecule has 1 amide bonds. The van der Waals surface area contributed by atoms with Crippen LogP contribution in [0.5, 0.6) is 0 Å². The second-order valence-corrected chi connectivity index (χ2v) is 8.26. The number of aryl methyl sites for hydroxylation is 1. The lowest BCUT2D eigenvalue weighted by atomic mass is 10.0. The van der Waals surface area contributed by atoms with Gasteiger partial charge in [0.15, 0.2) is 0 Å². The molecule has 3 rings (SSSR count). The third kappa shape index (κ3) is 4.77. The van der Waals surface area contributed by atoms with Crippen LogP contribution >= 0.6 is 11.3 Å². The molecule has 0 N–H and O–H groups in total. The molecule has 0 unspecified atom stereocenters. The van der Waals surface area contributed by atoms with Crippen molar-refractivity contribution in [2.24, 2.45) is 11.8 Å². The van der Waals surface area contributed by atoms with Crippen LogP contribution in [0.1, 0.15) is 36.3 Å². The van der Waals surface area contributed by atoms with E-state index in [1.54, 1.807) is 11.3 Å². The molecule has 2 aliphatic heterocycles. The molecule has 2 atom stereocenters. The lowest BCUT2D eigenvalue weighted by molar-refractivity contribution is -0.130. The van der Waals surface area contributed by atoms with Crippen molar-refractivity contribution < 1.29 is 9.53 Å². The fourth-order valence-corrected chi connectivity index (χ4v) is 4.59. The molecular formula is C18H29N3O2S. The molecule has 1 aromatic rings. The number of rotatable bonds is 7. The van der Waals surface area contributed by atoms with Gasteiger partial charge in [0.1, 0.15) is 0 Å². The maximum absolute atomic E-state index is 12.4. The van der Waals surface area contributed by atoms with Crippen LogP contribution in [-0.4, -0.2) is 60.6 Å². The highest BCUT2D eigenvalue weighted by Gasteiger charge is 2.27. The van der Waals surface area contributed by atoms with Crippen LogP contribution < -0.4 is 0 Å². The first kappa shape index (κ1) is 17.8. The lowest BCUT2D eigenvalue weighted by Crippen LogP contribution is -2.31. The summed E-state index contributed by atoms with van der Waals surface area (Å²) in [4.78, 5) is 22.5. The third-order valence-electron chi connectivity index (χ3n) is 5.26. The van der Waals surface area contributed by atoms with Gasteiger partial charge in [-0.05, 0) is 45.1 Å². The van der Waals surface area contributed by atoms with Crippen LogP contribution in [0.25, 0.3) is 0 Å². The summed E-state index contributed by atoms with van der Waals surface area (Å²) in [5, 5.41) is 0. The van der Waals surface area contributed by atoms with E-state index in [1.165, 1.54) is 4.88 Å². The Hall–Kier alpha value is -0.980. The molecule has 24 heavy (non-hydrogen) atoms. The van der Waals surface area contributed by atoms with Crippen molar-refractivity contribution in [1.82, 2.24) is 14.8 Å². The second kappa shape index (κ2) is 8.41. The van der Waals surface area contributed by atoms with Crippen LogP contribution in [0.4, 0.5) is 0 Å². The van der Waals surface area contributed by atoms with Gasteiger partial charge in [-0.3, -0.25) is 4.79 Å². The van der Waals surface area contributed by atoms with Gasteiger partial charge in [-0.15, -0.1) is 11.3 Å². The van der Waals surface area contributed by atoms with E-state index in [2.05, 4.69) is 28.8 Å². The Kier molecular flexibility index (Phi) is 6.25. The molecule has 3 heterocycles. The highest BCUT2D eigenvalue weighted by molar-refractivity contribution is 7.09. The number of carbonyl (C=O) groups is 1. The number of hydrogen-bond acceptors (Lipinski definition) is 5. The molecule has 5 nitrogen and oxygen atoms in total. The summed E-state index contributed by atoms with van der Waals surface area (Å²) >= 11 is 1.73. The van der Waals surface area contributed by atoms with Gasteiger partial charge in [-0.1, -0.05) is 0 Å². The van der Waals surface area contributed by atoms with Crippen molar-refractivity contribution in [2.45, 2.75) is 39.2 Å². The Morgan fingerprint density at radius 1 is 1.46 bits per heavy atom. The Bertz CT molecular complexity index is 542. The monoisotopic (exact) mass is 351 g/mol. The highest BCUT2D eigenvalue weighted by atomic mass is 32.1. The van der Waals surface area contributed by atoms with Gasteiger partial charge in [-0.25, -0.2) is 4.98 Å². The van der Waals surface area contributed by atoms with Gasteiger partial charge in [0, 0.05) is 50.7 Å². The number of nitrogens with zero attached hydrogens (tertiary/aromatic N) is 3. The van der Waals surface area contributed by atoms with E-state index in [9.17, 15) is 4.79 Å². The first-order valence-corrected chi connectivity index (χ1v) is 9.93. The minimum Gasteiger partial charge on any atom is -0.381 e. The van der Waals surface area contributed by atoms with Crippen LogP contribution in [-0.2, 0) is 16.1 Å². The van der Waals surface area contributed by atoms with Gasteiger partial charge < -0.3 is 14.5 Å². The molecule has 0 aromatic carbocycles. The molecule has 0 radical (unpaired) electrons. The van der Waals surface area contributed by atoms with E-state index in [4.69, 9.17) is 4.74 Å². The van der Waals surface area contributed by atoms with Crippen molar-refractivity contribution >= 4 is 17.2 Å². The molecule has 1 aromatic heterocycles.